The summed E-state index contributed by atoms with van der Waals surface area (Å²) in [6.07, 6.45) is -1.88. The number of nitrogens with zero attached hydrogens (tertiary/aromatic N) is 2. The minimum atomic E-state index is -0.942. The van der Waals surface area contributed by atoms with Gasteiger partial charge in [0.15, 0.2) is 5.17 Å². The summed E-state index contributed by atoms with van der Waals surface area (Å²) < 4.78 is 0.0122. The third-order valence-corrected chi connectivity index (χ3v) is 5.90. The van der Waals surface area contributed by atoms with Gasteiger partial charge in [0.25, 0.3) is 0 Å². The van der Waals surface area contributed by atoms with Crippen molar-refractivity contribution < 1.29 is 20.2 Å². The number of rotatable bonds is 2. The van der Waals surface area contributed by atoms with Crippen molar-refractivity contribution in [1.29, 1.82) is 0 Å². The van der Waals surface area contributed by atoms with E-state index in [9.17, 15) is 10.2 Å². The third-order valence-electron chi connectivity index (χ3n) is 2.87. The van der Waals surface area contributed by atoms with E-state index in [0.29, 0.717) is 5.17 Å². The lowest BCUT2D eigenvalue weighted by Gasteiger charge is -2.36. The molecule has 5 atom stereocenters. The Hall–Kier alpha value is 0.01000. The highest BCUT2D eigenvalue weighted by Gasteiger charge is 2.48. The highest BCUT2D eigenvalue weighted by Crippen LogP contribution is 2.44. The summed E-state index contributed by atoms with van der Waals surface area (Å²) in [6.45, 7) is -0.151. The SMILES string of the molecule is CON(C)C1=N[C@H]2[C@@H](S1)S[C@H](CO)[C@@H](O)[C@@H]2O. The van der Waals surface area contributed by atoms with Gasteiger partial charge in [-0.2, -0.15) is 0 Å². The average Bonchev–Trinajstić information content (AvgIpc) is 2.76. The van der Waals surface area contributed by atoms with Crippen LogP contribution in [0.25, 0.3) is 0 Å². The van der Waals surface area contributed by atoms with Gasteiger partial charge in [0, 0.05) is 7.05 Å². The molecule has 0 radical (unpaired) electrons. The number of amidine groups is 1. The standard InChI is InChI=1S/C9H16N2O4S2/c1-11(15-2)9-10-5-7(14)6(13)4(3-12)16-8(5)17-9/h4-8,12-14H,3H2,1-2H3/t4-,5-,6-,7-,8-/m1/s1. The van der Waals surface area contributed by atoms with Crippen molar-refractivity contribution in [3.05, 3.63) is 0 Å². The van der Waals surface area contributed by atoms with Crippen LogP contribution in [0.1, 0.15) is 0 Å². The van der Waals surface area contributed by atoms with E-state index in [1.807, 2.05) is 0 Å². The molecule has 2 aliphatic rings. The van der Waals surface area contributed by atoms with Crippen LogP contribution in [0.5, 0.6) is 0 Å². The van der Waals surface area contributed by atoms with Crippen molar-refractivity contribution >= 4 is 28.7 Å². The summed E-state index contributed by atoms with van der Waals surface area (Å²) in [6, 6.07) is -0.351. The average molecular weight is 280 g/mol. The predicted octanol–water partition coefficient (Wildman–Crippen LogP) is -0.893. The number of hydroxylamine groups is 2. The summed E-state index contributed by atoms with van der Waals surface area (Å²) >= 11 is 2.94. The van der Waals surface area contributed by atoms with E-state index in [1.165, 1.54) is 28.6 Å². The second-order valence-corrected chi connectivity index (χ2v) is 6.70. The molecule has 2 aliphatic heterocycles. The molecule has 2 rings (SSSR count). The smallest absolute Gasteiger partial charge is 0.184 e. The Morgan fingerprint density at radius 2 is 2.12 bits per heavy atom. The van der Waals surface area contributed by atoms with E-state index in [4.69, 9.17) is 9.94 Å². The van der Waals surface area contributed by atoms with Crippen LogP contribution in [0.2, 0.25) is 0 Å². The van der Waals surface area contributed by atoms with Crippen molar-refractivity contribution in [2.24, 2.45) is 4.99 Å². The molecule has 0 saturated carbocycles. The lowest BCUT2D eigenvalue weighted by Crippen LogP contribution is -2.51. The first-order chi connectivity index (χ1) is 8.08. The van der Waals surface area contributed by atoms with Crippen LogP contribution in [0.4, 0.5) is 0 Å². The van der Waals surface area contributed by atoms with Gasteiger partial charge in [0.2, 0.25) is 0 Å². The van der Waals surface area contributed by atoms with E-state index in [0.717, 1.165) is 0 Å². The fourth-order valence-corrected chi connectivity index (χ4v) is 4.82. The Kier molecular flexibility index (Phi) is 4.22. The molecule has 3 N–H and O–H groups in total. The normalized spacial score (nSPS) is 41.0. The maximum absolute atomic E-state index is 9.97. The first-order valence-corrected chi connectivity index (χ1v) is 7.05. The van der Waals surface area contributed by atoms with Crippen LogP contribution in [-0.2, 0) is 4.84 Å². The first kappa shape index (κ1) is 13.4. The molecule has 1 saturated heterocycles. The second kappa shape index (κ2) is 5.33. The van der Waals surface area contributed by atoms with Crippen molar-refractivity contribution in [1.82, 2.24) is 5.06 Å². The number of aliphatic hydroxyl groups excluding tert-OH is 3. The molecule has 17 heavy (non-hydrogen) atoms. The molecule has 6 nitrogen and oxygen atoms in total. The van der Waals surface area contributed by atoms with E-state index in [1.54, 1.807) is 14.2 Å². The van der Waals surface area contributed by atoms with Crippen LogP contribution in [0.15, 0.2) is 4.99 Å². The topological polar surface area (TPSA) is 85.5 Å². The van der Waals surface area contributed by atoms with Crippen molar-refractivity contribution in [3.63, 3.8) is 0 Å². The monoisotopic (exact) mass is 280 g/mol. The van der Waals surface area contributed by atoms with Crippen LogP contribution >= 0.6 is 23.5 Å². The van der Waals surface area contributed by atoms with Crippen LogP contribution in [0.3, 0.4) is 0 Å². The van der Waals surface area contributed by atoms with Gasteiger partial charge in [-0.3, -0.25) is 9.83 Å². The highest BCUT2D eigenvalue weighted by molar-refractivity contribution is 8.25. The van der Waals surface area contributed by atoms with Crippen LogP contribution in [-0.4, -0.2) is 74.4 Å². The number of hydrogen-bond acceptors (Lipinski definition) is 8. The van der Waals surface area contributed by atoms with E-state index >= 15 is 0 Å². The molecule has 0 unspecified atom stereocenters. The van der Waals surface area contributed by atoms with Gasteiger partial charge in [-0.15, -0.1) is 11.8 Å². The van der Waals surface area contributed by atoms with Gasteiger partial charge in [-0.25, -0.2) is 5.06 Å². The Morgan fingerprint density at radius 1 is 1.41 bits per heavy atom. The van der Waals surface area contributed by atoms with Crippen LogP contribution < -0.4 is 0 Å². The van der Waals surface area contributed by atoms with Gasteiger partial charge in [-0.05, 0) is 0 Å². The lowest BCUT2D eigenvalue weighted by molar-refractivity contribution is -0.0394. The molecule has 0 bridgehead atoms. The quantitative estimate of drug-likeness (QED) is 0.566. The Morgan fingerprint density at radius 3 is 2.71 bits per heavy atom. The number of hydrogen-bond donors (Lipinski definition) is 3. The fourth-order valence-electron chi connectivity index (χ4n) is 1.80. The predicted molar refractivity (Wildman–Crippen MR) is 67.9 cm³/mol. The van der Waals surface area contributed by atoms with E-state index in [-0.39, 0.29) is 22.5 Å². The largest absolute Gasteiger partial charge is 0.395 e. The summed E-state index contributed by atoms with van der Waals surface area (Å²) in [4.78, 5) is 9.38. The van der Waals surface area contributed by atoms with Gasteiger partial charge in [0.05, 0.1) is 29.7 Å². The summed E-state index contributed by atoms with van der Waals surface area (Å²) in [5, 5.41) is 30.8. The molecule has 0 aliphatic carbocycles. The summed E-state index contributed by atoms with van der Waals surface area (Å²) in [7, 11) is 3.28. The van der Waals surface area contributed by atoms with Crippen molar-refractivity contribution in [3.8, 4) is 0 Å². The number of fused-ring (bicyclic) bond motifs is 1. The molecule has 0 aromatic rings. The molecule has 98 valence electrons. The second-order valence-electron chi connectivity index (χ2n) is 3.91. The fraction of sp³-hybridized carbons (Fsp3) is 0.889. The molecular formula is C9H16N2O4S2. The minimum absolute atomic E-state index is 0.0122. The maximum atomic E-state index is 9.97. The van der Waals surface area contributed by atoms with Gasteiger partial charge in [0.1, 0.15) is 12.1 Å². The highest BCUT2D eigenvalue weighted by atomic mass is 32.2. The Bertz CT molecular complexity index is 317. The van der Waals surface area contributed by atoms with Gasteiger partial charge < -0.3 is 15.3 Å². The van der Waals surface area contributed by atoms with Gasteiger partial charge in [-0.1, -0.05) is 11.8 Å². The zero-order valence-electron chi connectivity index (χ0n) is 9.55. The first-order valence-electron chi connectivity index (χ1n) is 5.23. The molecule has 8 heteroatoms. The number of thioether (sulfide) groups is 2. The van der Waals surface area contributed by atoms with E-state index < -0.39 is 12.2 Å². The van der Waals surface area contributed by atoms with Crippen molar-refractivity contribution in [2.75, 3.05) is 20.8 Å². The Balaban J connectivity index is 2.12. The molecule has 1 fully saturated rings. The van der Waals surface area contributed by atoms with Crippen LogP contribution in [0, 0.1) is 0 Å². The number of aliphatic imine (C=N–C) groups is 1. The molecule has 2 heterocycles. The zero-order valence-corrected chi connectivity index (χ0v) is 11.2. The number of aliphatic hydroxyl groups is 3. The maximum Gasteiger partial charge on any atom is 0.184 e. The minimum Gasteiger partial charge on any atom is -0.395 e. The zero-order chi connectivity index (χ0) is 12.6. The third kappa shape index (κ3) is 2.42. The Labute approximate surface area is 108 Å². The van der Waals surface area contributed by atoms with Gasteiger partial charge >= 0.3 is 0 Å². The summed E-state index contributed by atoms with van der Waals surface area (Å²) in [5.74, 6) is 0. The molecule has 0 amide bonds. The molecule has 0 spiro atoms. The van der Waals surface area contributed by atoms with Crippen molar-refractivity contribution in [2.45, 2.75) is 28.1 Å². The summed E-state index contributed by atoms with van der Waals surface area (Å²) in [5.41, 5.74) is 0. The molecular weight excluding hydrogens is 264 g/mol. The lowest BCUT2D eigenvalue weighted by atomic mass is 10.0. The van der Waals surface area contributed by atoms with E-state index in [2.05, 4.69) is 4.99 Å². The molecule has 0 aromatic carbocycles. The molecule has 0 aromatic heterocycles.